The lowest BCUT2D eigenvalue weighted by Crippen LogP contribution is -2.48. The first-order chi connectivity index (χ1) is 14.7. The molecule has 0 fully saturated rings. The van der Waals surface area contributed by atoms with Crippen LogP contribution >= 0.6 is 39.1 Å². The van der Waals surface area contributed by atoms with Gasteiger partial charge in [-0.25, -0.2) is 5.43 Å². The number of rotatable bonds is 9. The number of hydrogen-bond donors (Lipinski definition) is 2. The molecule has 2 aromatic carbocycles. The van der Waals surface area contributed by atoms with Crippen molar-refractivity contribution < 1.29 is 14.3 Å². The van der Waals surface area contributed by atoms with Gasteiger partial charge in [0.1, 0.15) is 11.8 Å². The third-order valence-electron chi connectivity index (χ3n) is 4.22. The molecule has 0 bridgehead atoms. The van der Waals surface area contributed by atoms with E-state index in [9.17, 15) is 9.59 Å². The molecule has 0 heterocycles. The van der Waals surface area contributed by atoms with Crippen LogP contribution in [-0.2, 0) is 4.79 Å². The normalized spacial score (nSPS) is 12.1. The highest BCUT2D eigenvalue weighted by Gasteiger charge is 2.25. The first kappa shape index (κ1) is 25.2. The molecule has 2 aromatic rings. The molecule has 1 unspecified atom stereocenters. The van der Waals surface area contributed by atoms with Gasteiger partial charge in [-0.3, -0.25) is 9.59 Å². The average Bonchev–Trinajstić information content (AvgIpc) is 2.70. The number of halogens is 3. The van der Waals surface area contributed by atoms with Crippen molar-refractivity contribution in [1.82, 2.24) is 10.7 Å². The van der Waals surface area contributed by atoms with Crippen molar-refractivity contribution in [2.75, 3.05) is 6.61 Å². The third kappa shape index (κ3) is 7.52. The Morgan fingerprint density at radius 1 is 1.19 bits per heavy atom. The van der Waals surface area contributed by atoms with Crippen LogP contribution in [0, 0.1) is 5.92 Å². The molecule has 0 saturated carbocycles. The number of carbonyl (C=O) groups excluding carboxylic acids is 2. The Bertz CT molecular complexity index is 967. The first-order valence-electron chi connectivity index (χ1n) is 9.74. The van der Waals surface area contributed by atoms with Gasteiger partial charge in [-0.2, -0.15) is 5.10 Å². The molecule has 2 N–H and O–H groups in total. The van der Waals surface area contributed by atoms with Crippen LogP contribution in [0.3, 0.4) is 0 Å². The number of amides is 2. The van der Waals surface area contributed by atoms with Gasteiger partial charge in [0, 0.05) is 15.1 Å². The van der Waals surface area contributed by atoms with E-state index >= 15 is 0 Å². The van der Waals surface area contributed by atoms with Crippen LogP contribution in [-0.4, -0.2) is 30.7 Å². The minimum Gasteiger partial charge on any atom is -0.493 e. The Morgan fingerprint density at radius 3 is 2.58 bits per heavy atom. The highest BCUT2D eigenvalue weighted by atomic mass is 79.9. The van der Waals surface area contributed by atoms with E-state index in [1.54, 1.807) is 6.07 Å². The summed E-state index contributed by atoms with van der Waals surface area (Å²) in [4.78, 5) is 25.3. The third-order valence-corrected chi connectivity index (χ3v) is 5.26. The van der Waals surface area contributed by atoms with E-state index in [0.29, 0.717) is 22.9 Å². The van der Waals surface area contributed by atoms with Crippen LogP contribution in [0.2, 0.25) is 10.0 Å². The first-order valence-corrected chi connectivity index (χ1v) is 11.3. The second kappa shape index (κ2) is 12.1. The number of hydrazone groups is 1. The topological polar surface area (TPSA) is 79.8 Å². The summed E-state index contributed by atoms with van der Waals surface area (Å²) in [7, 11) is 0. The molecule has 0 aliphatic rings. The van der Waals surface area contributed by atoms with Gasteiger partial charge in [-0.1, -0.05) is 59.9 Å². The standard InChI is InChI=1S/C22H24BrCl2N3O3/c1-4-9-31-19-8-5-15(23)10-14(19)12-26-28-22(30)20(13(2)3)27-21(29)17-7-6-16(24)11-18(17)25/h5-8,10-13,20H,4,9H2,1-3H3,(H,27,29)(H,28,30)/b26-12+. The van der Waals surface area contributed by atoms with E-state index < -0.39 is 17.9 Å². The lowest BCUT2D eigenvalue weighted by molar-refractivity contribution is -0.123. The van der Waals surface area contributed by atoms with Gasteiger partial charge in [0.05, 0.1) is 23.4 Å². The van der Waals surface area contributed by atoms with E-state index in [1.807, 2.05) is 39.0 Å². The van der Waals surface area contributed by atoms with Crippen LogP contribution in [0.25, 0.3) is 0 Å². The quantitative estimate of drug-likeness (QED) is 0.335. The monoisotopic (exact) mass is 527 g/mol. The van der Waals surface area contributed by atoms with E-state index in [-0.39, 0.29) is 16.5 Å². The summed E-state index contributed by atoms with van der Waals surface area (Å²) in [5, 5.41) is 7.38. The molecule has 0 saturated heterocycles. The fraction of sp³-hybridized carbons (Fsp3) is 0.318. The fourth-order valence-electron chi connectivity index (χ4n) is 2.63. The Labute approximate surface area is 200 Å². The molecule has 0 aromatic heterocycles. The maximum absolute atomic E-state index is 12.7. The zero-order chi connectivity index (χ0) is 23.0. The zero-order valence-electron chi connectivity index (χ0n) is 17.4. The molecule has 31 heavy (non-hydrogen) atoms. The highest BCUT2D eigenvalue weighted by molar-refractivity contribution is 9.10. The van der Waals surface area contributed by atoms with Crippen LogP contribution in [0.15, 0.2) is 46.0 Å². The lowest BCUT2D eigenvalue weighted by Gasteiger charge is -2.20. The molecule has 6 nitrogen and oxygen atoms in total. The molecule has 2 amide bonds. The van der Waals surface area contributed by atoms with E-state index in [4.69, 9.17) is 27.9 Å². The Balaban J connectivity index is 2.09. The molecule has 0 aliphatic heterocycles. The largest absolute Gasteiger partial charge is 0.493 e. The van der Waals surface area contributed by atoms with Crippen molar-refractivity contribution >= 4 is 57.2 Å². The summed E-state index contributed by atoms with van der Waals surface area (Å²) < 4.78 is 6.56. The van der Waals surface area contributed by atoms with E-state index in [2.05, 4.69) is 31.8 Å². The van der Waals surface area contributed by atoms with Crippen LogP contribution in [0.4, 0.5) is 0 Å². The van der Waals surface area contributed by atoms with Crippen molar-refractivity contribution in [1.29, 1.82) is 0 Å². The van der Waals surface area contributed by atoms with Gasteiger partial charge in [-0.05, 0) is 48.7 Å². The summed E-state index contributed by atoms with van der Waals surface area (Å²) >= 11 is 15.4. The molecule has 0 aliphatic carbocycles. The van der Waals surface area contributed by atoms with Crippen molar-refractivity contribution in [2.24, 2.45) is 11.0 Å². The molecular weight excluding hydrogens is 505 g/mol. The van der Waals surface area contributed by atoms with Crippen molar-refractivity contribution in [3.05, 3.63) is 62.0 Å². The Kier molecular flexibility index (Phi) is 9.81. The zero-order valence-corrected chi connectivity index (χ0v) is 20.5. The number of hydrogen-bond acceptors (Lipinski definition) is 4. The van der Waals surface area contributed by atoms with E-state index in [0.717, 1.165) is 10.9 Å². The second-order valence-electron chi connectivity index (χ2n) is 7.08. The van der Waals surface area contributed by atoms with Gasteiger partial charge < -0.3 is 10.1 Å². The number of ether oxygens (including phenoxy) is 1. The maximum atomic E-state index is 12.7. The summed E-state index contributed by atoms with van der Waals surface area (Å²) in [6.07, 6.45) is 2.37. The molecule has 0 radical (unpaired) electrons. The number of nitrogens with one attached hydrogen (secondary N) is 2. The summed E-state index contributed by atoms with van der Waals surface area (Å²) in [5.74, 6) is -0.439. The predicted octanol–water partition coefficient (Wildman–Crippen LogP) is 5.45. The van der Waals surface area contributed by atoms with Crippen LogP contribution in [0.1, 0.15) is 43.1 Å². The van der Waals surface area contributed by atoms with Crippen molar-refractivity contribution in [3.63, 3.8) is 0 Å². The Morgan fingerprint density at radius 2 is 1.94 bits per heavy atom. The van der Waals surface area contributed by atoms with Gasteiger partial charge >= 0.3 is 0 Å². The average molecular weight is 529 g/mol. The van der Waals surface area contributed by atoms with Gasteiger partial charge in [0.2, 0.25) is 0 Å². The minimum absolute atomic E-state index is 0.181. The van der Waals surface area contributed by atoms with Gasteiger partial charge in [-0.15, -0.1) is 0 Å². The maximum Gasteiger partial charge on any atom is 0.262 e. The summed E-state index contributed by atoms with van der Waals surface area (Å²) in [5.41, 5.74) is 3.43. The summed E-state index contributed by atoms with van der Waals surface area (Å²) in [6, 6.07) is 9.28. The van der Waals surface area contributed by atoms with Crippen molar-refractivity contribution in [3.8, 4) is 5.75 Å². The Hall–Kier alpha value is -2.09. The number of nitrogens with zero attached hydrogens (tertiary/aromatic N) is 1. The number of benzene rings is 2. The van der Waals surface area contributed by atoms with Gasteiger partial charge in [0.25, 0.3) is 11.8 Å². The molecule has 166 valence electrons. The van der Waals surface area contributed by atoms with E-state index in [1.165, 1.54) is 18.3 Å². The van der Waals surface area contributed by atoms with Crippen LogP contribution < -0.4 is 15.5 Å². The SMILES string of the molecule is CCCOc1ccc(Br)cc1/C=N/NC(=O)C(NC(=O)c1ccc(Cl)cc1Cl)C(C)C. The molecular formula is C22H24BrCl2N3O3. The molecule has 9 heteroatoms. The smallest absolute Gasteiger partial charge is 0.262 e. The summed E-state index contributed by atoms with van der Waals surface area (Å²) in [6.45, 7) is 6.24. The molecule has 2 rings (SSSR count). The molecule has 1 atom stereocenters. The fourth-order valence-corrected chi connectivity index (χ4v) is 3.50. The van der Waals surface area contributed by atoms with Crippen LogP contribution in [0.5, 0.6) is 5.75 Å². The number of carbonyl (C=O) groups is 2. The minimum atomic E-state index is -0.810. The lowest BCUT2D eigenvalue weighted by atomic mass is 10.0. The molecule has 0 spiro atoms. The van der Waals surface area contributed by atoms with Crippen molar-refractivity contribution in [2.45, 2.75) is 33.2 Å². The second-order valence-corrected chi connectivity index (χ2v) is 8.84. The predicted molar refractivity (Wildman–Crippen MR) is 128 cm³/mol. The highest BCUT2D eigenvalue weighted by Crippen LogP contribution is 2.22. The van der Waals surface area contributed by atoms with Gasteiger partial charge in [0.15, 0.2) is 0 Å².